The molecule has 0 radical (unpaired) electrons. The number of ether oxygens (including phenoxy) is 1. The summed E-state index contributed by atoms with van der Waals surface area (Å²) in [6, 6.07) is 0.202. The minimum Gasteiger partial charge on any atom is -0.368 e. The summed E-state index contributed by atoms with van der Waals surface area (Å²) >= 11 is 0. The summed E-state index contributed by atoms with van der Waals surface area (Å²) in [4.78, 5) is 14.2. The molecular weight excluding hydrogens is 292 g/mol. The monoisotopic (exact) mass is 318 g/mol. The van der Waals surface area contributed by atoms with E-state index in [0.29, 0.717) is 12.5 Å². The van der Waals surface area contributed by atoms with E-state index in [-0.39, 0.29) is 18.6 Å². The Bertz CT molecular complexity index is 536. The van der Waals surface area contributed by atoms with Crippen LogP contribution in [-0.4, -0.2) is 51.6 Å². The zero-order valence-electron chi connectivity index (χ0n) is 13.7. The second kappa shape index (κ2) is 7.73. The number of hydrogen-bond donors (Lipinski definition) is 0. The fourth-order valence-corrected chi connectivity index (χ4v) is 3.69. The first-order valence-corrected chi connectivity index (χ1v) is 8.66. The zero-order valence-corrected chi connectivity index (χ0v) is 13.7. The van der Waals surface area contributed by atoms with Crippen molar-refractivity contribution in [3.8, 4) is 0 Å². The summed E-state index contributed by atoms with van der Waals surface area (Å²) in [6.45, 7) is 5.68. The van der Waals surface area contributed by atoms with E-state index in [2.05, 4.69) is 23.1 Å². The van der Waals surface area contributed by atoms with Gasteiger partial charge in [-0.15, -0.1) is 11.7 Å². The molecule has 1 amide bonds. The van der Waals surface area contributed by atoms with Crippen molar-refractivity contribution < 1.29 is 9.53 Å². The van der Waals surface area contributed by atoms with Crippen LogP contribution in [-0.2, 0) is 16.1 Å². The Morgan fingerprint density at radius 2 is 2.17 bits per heavy atom. The van der Waals surface area contributed by atoms with Gasteiger partial charge in [-0.1, -0.05) is 24.1 Å². The fourth-order valence-electron chi connectivity index (χ4n) is 3.69. The third kappa shape index (κ3) is 3.99. The van der Waals surface area contributed by atoms with Gasteiger partial charge in [-0.05, 0) is 25.7 Å². The smallest absolute Gasteiger partial charge is 0.248 e. The number of carbonyl (C=O) groups excluding carboxylic acids is 1. The number of rotatable bonds is 7. The molecule has 1 saturated carbocycles. The van der Waals surface area contributed by atoms with Gasteiger partial charge in [0.1, 0.15) is 6.61 Å². The van der Waals surface area contributed by atoms with E-state index in [9.17, 15) is 4.79 Å². The fraction of sp³-hybridized carbons (Fsp3) is 0.706. The molecular formula is C17H26N4O2. The minimum absolute atomic E-state index is 0.0606. The average molecular weight is 318 g/mol. The molecule has 2 aliphatic rings. The summed E-state index contributed by atoms with van der Waals surface area (Å²) < 4.78 is 7.19. The molecule has 1 atom stereocenters. The lowest BCUT2D eigenvalue weighted by Gasteiger charge is -2.24. The lowest BCUT2D eigenvalue weighted by molar-refractivity contribution is -0.136. The second-order valence-electron chi connectivity index (χ2n) is 6.53. The number of hydrogen-bond acceptors (Lipinski definition) is 4. The highest BCUT2D eigenvalue weighted by Gasteiger charge is 2.29. The van der Waals surface area contributed by atoms with Crippen LogP contribution < -0.4 is 0 Å². The van der Waals surface area contributed by atoms with E-state index in [1.54, 1.807) is 6.08 Å². The van der Waals surface area contributed by atoms with Gasteiger partial charge in [0.25, 0.3) is 0 Å². The molecule has 1 aromatic heterocycles. The minimum atomic E-state index is 0.0606. The van der Waals surface area contributed by atoms with E-state index in [0.717, 1.165) is 31.6 Å². The highest BCUT2D eigenvalue weighted by molar-refractivity contribution is 5.78. The van der Waals surface area contributed by atoms with Crippen LogP contribution in [0.4, 0.5) is 0 Å². The van der Waals surface area contributed by atoms with E-state index in [4.69, 9.17) is 4.74 Å². The van der Waals surface area contributed by atoms with Gasteiger partial charge in [0.05, 0.1) is 24.9 Å². The van der Waals surface area contributed by atoms with Gasteiger partial charge in [0.2, 0.25) is 5.91 Å². The molecule has 6 nitrogen and oxygen atoms in total. The van der Waals surface area contributed by atoms with Crippen LogP contribution in [0.3, 0.4) is 0 Å². The Morgan fingerprint density at radius 3 is 2.96 bits per heavy atom. The van der Waals surface area contributed by atoms with Crippen molar-refractivity contribution in [3.63, 3.8) is 0 Å². The molecule has 1 unspecified atom stereocenters. The molecule has 3 rings (SSSR count). The molecule has 0 bridgehead atoms. The third-order valence-corrected chi connectivity index (χ3v) is 4.89. The standard InChI is InChI=1S/C17H26N4O2/c1-2-10-23-13-17(22)21-9-5-8-15(21)11-20-12-16(18-19-20)14-6-3-4-7-14/h2,12,14-15H,1,3-11,13H2. The van der Waals surface area contributed by atoms with Gasteiger partial charge < -0.3 is 9.64 Å². The summed E-state index contributed by atoms with van der Waals surface area (Å²) in [5.41, 5.74) is 1.12. The highest BCUT2D eigenvalue weighted by Crippen LogP contribution is 2.32. The topological polar surface area (TPSA) is 60.2 Å². The van der Waals surface area contributed by atoms with Crippen LogP contribution in [0.5, 0.6) is 0 Å². The first-order valence-electron chi connectivity index (χ1n) is 8.66. The van der Waals surface area contributed by atoms with Crippen LogP contribution in [0.2, 0.25) is 0 Å². The van der Waals surface area contributed by atoms with Crippen LogP contribution in [0.1, 0.15) is 50.1 Å². The number of aromatic nitrogens is 3. The van der Waals surface area contributed by atoms with Crippen molar-refractivity contribution in [3.05, 3.63) is 24.5 Å². The largest absolute Gasteiger partial charge is 0.368 e. The molecule has 1 saturated heterocycles. The van der Waals surface area contributed by atoms with Crippen LogP contribution in [0.15, 0.2) is 18.9 Å². The Balaban J connectivity index is 1.55. The van der Waals surface area contributed by atoms with Crippen LogP contribution in [0, 0.1) is 0 Å². The molecule has 0 spiro atoms. The summed E-state index contributed by atoms with van der Waals surface area (Å²) in [5, 5.41) is 8.62. The molecule has 2 fully saturated rings. The molecule has 1 aliphatic carbocycles. The molecule has 6 heteroatoms. The second-order valence-corrected chi connectivity index (χ2v) is 6.53. The quantitative estimate of drug-likeness (QED) is 0.571. The van der Waals surface area contributed by atoms with Crippen molar-refractivity contribution in [2.24, 2.45) is 0 Å². The summed E-state index contributed by atoms with van der Waals surface area (Å²) in [6.07, 6.45) is 10.9. The predicted molar refractivity (Wildman–Crippen MR) is 87.0 cm³/mol. The molecule has 1 aromatic rings. The van der Waals surface area contributed by atoms with Crippen molar-refractivity contribution in [1.82, 2.24) is 19.9 Å². The number of amides is 1. The molecule has 126 valence electrons. The SMILES string of the molecule is C=CCOCC(=O)N1CCCC1Cn1cc(C2CCCC2)nn1. The normalized spacial score (nSPS) is 21.9. The lowest BCUT2D eigenvalue weighted by Crippen LogP contribution is -2.40. The summed E-state index contributed by atoms with van der Waals surface area (Å²) in [5.74, 6) is 0.642. The predicted octanol–water partition coefficient (Wildman–Crippen LogP) is 2.13. The maximum Gasteiger partial charge on any atom is 0.248 e. The van der Waals surface area contributed by atoms with Gasteiger partial charge in [0, 0.05) is 18.7 Å². The first-order chi connectivity index (χ1) is 11.3. The van der Waals surface area contributed by atoms with Gasteiger partial charge in [-0.3, -0.25) is 9.48 Å². The Labute approximate surface area is 137 Å². The highest BCUT2D eigenvalue weighted by atomic mass is 16.5. The van der Waals surface area contributed by atoms with Gasteiger partial charge in [-0.2, -0.15) is 0 Å². The van der Waals surface area contributed by atoms with Crippen LogP contribution >= 0.6 is 0 Å². The Morgan fingerprint density at radius 1 is 1.35 bits per heavy atom. The number of carbonyl (C=O) groups is 1. The molecule has 1 aliphatic heterocycles. The average Bonchev–Trinajstić information content (AvgIpc) is 3.29. The molecule has 0 N–H and O–H groups in total. The molecule has 2 heterocycles. The number of nitrogens with zero attached hydrogens (tertiary/aromatic N) is 4. The van der Waals surface area contributed by atoms with E-state index in [1.165, 1.54) is 25.7 Å². The van der Waals surface area contributed by atoms with E-state index >= 15 is 0 Å². The van der Waals surface area contributed by atoms with Gasteiger partial charge in [-0.25, -0.2) is 0 Å². The molecule has 0 aromatic carbocycles. The van der Waals surface area contributed by atoms with Crippen LogP contribution in [0.25, 0.3) is 0 Å². The summed E-state index contributed by atoms with van der Waals surface area (Å²) in [7, 11) is 0. The van der Waals surface area contributed by atoms with Gasteiger partial charge in [0.15, 0.2) is 0 Å². The Hall–Kier alpha value is -1.69. The van der Waals surface area contributed by atoms with Crippen molar-refractivity contribution >= 4 is 5.91 Å². The lowest BCUT2D eigenvalue weighted by atomic mass is 10.1. The maximum atomic E-state index is 12.3. The third-order valence-electron chi connectivity index (χ3n) is 4.89. The van der Waals surface area contributed by atoms with E-state index < -0.39 is 0 Å². The first kappa shape index (κ1) is 16.2. The van der Waals surface area contributed by atoms with Gasteiger partial charge >= 0.3 is 0 Å². The maximum absolute atomic E-state index is 12.3. The molecule has 23 heavy (non-hydrogen) atoms. The van der Waals surface area contributed by atoms with E-state index in [1.807, 2.05) is 9.58 Å². The van der Waals surface area contributed by atoms with Crippen molar-refractivity contribution in [2.45, 2.75) is 57.0 Å². The van der Waals surface area contributed by atoms with Crippen molar-refractivity contribution in [2.75, 3.05) is 19.8 Å². The zero-order chi connectivity index (χ0) is 16.1. The Kier molecular flexibility index (Phi) is 5.43. The number of likely N-dealkylation sites (tertiary alicyclic amines) is 1. The van der Waals surface area contributed by atoms with Crippen molar-refractivity contribution in [1.29, 1.82) is 0 Å².